The van der Waals surface area contributed by atoms with E-state index in [1.807, 2.05) is 0 Å². The SMILES string of the molecule is [Cr].[Hf].[Si].[Ti].[Zr]. The molecule has 0 atom stereocenters. The Labute approximate surface area is 100 Å². The third kappa shape index (κ3) is 19.0. The summed E-state index contributed by atoms with van der Waals surface area (Å²) in [5.74, 6) is 0. The number of hydrogen-bond donors (Lipinski definition) is 0. The summed E-state index contributed by atoms with van der Waals surface area (Å²) in [4.78, 5) is 0. The summed E-state index contributed by atoms with van der Waals surface area (Å²) in [6.07, 6.45) is 0. The molecule has 0 saturated carbocycles. The second kappa shape index (κ2) is 27.0. The fourth-order valence-corrected chi connectivity index (χ4v) is 0. The summed E-state index contributed by atoms with van der Waals surface area (Å²) < 4.78 is 0. The van der Waals surface area contributed by atoms with E-state index < -0.39 is 0 Å². The largest absolute Gasteiger partial charge is 0 e. The van der Waals surface area contributed by atoms with Crippen LogP contribution in [0.5, 0.6) is 0 Å². The van der Waals surface area contributed by atoms with E-state index in [9.17, 15) is 0 Å². The first kappa shape index (κ1) is 41.4. The van der Waals surface area contributed by atoms with Gasteiger partial charge in [0.05, 0.1) is 0 Å². The molecule has 22 valence electrons. The fourth-order valence-electron chi connectivity index (χ4n) is 0. The van der Waals surface area contributed by atoms with Gasteiger partial charge in [0.1, 0.15) is 0 Å². The third-order valence-corrected chi connectivity index (χ3v) is 0. The minimum atomic E-state index is 0. The average molecular weight is 398 g/mol. The average Bonchev–Trinajstić information content (AvgIpc) is 0. The molecule has 0 fully saturated rings. The summed E-state index contributed by atoms with van der Waals surface area (Å²) in [5.41, 5.74) is 0. The molecule has 0 aromatic rings. The number of rotatable bonds is 0. The minimum Gasteiger partial charge on any atom is 0 e. The van der Waals surface area contributed by atoms with E-state index in [1.165, 1.54) is 0 Å². The maximum absolute atomic E-state index is 0. The molecule has 0 unspecified atom stereocenters. The normalized spacial score (nSPS) is 0. The van der Waals surface area contributed by atoms with Gasteiger partial charge >= 0.3 is 0 Å². The van der Waals surface area contributed by atoms with Crippen molar-refractivity contribution in [1.29, 1.82) is 0 Å². The zero-order chi connectivity index (χ0) is 0. The molecule has 0 spiro atoms. The predicted molar refractivity (Wildman–Crippen MR) is 5.75 cm³/mol. The molecule has 0 rings (SSSR count). The molecule has 0 aromatic carbocycles. The van der Waals surface area contributed by atoms with Crippen molar-refractivity contribution in [3.8, 4) is 0 Å². The Morgan fingerprint density at radius 2 is 1.00 bits per heavy atom. The molecular formula is CrHfSiTiZr. The first-order chi connectivity index (χ1) is 0. The molecule has 0 nitrogen and oxygen atoms in total. The van der Waals surface area contributed by atoms with Crippen LogP contribution in [0.2, 0.25) is 0 Å². The first-order valence-corrected chi connectivity index (χ1v) is 0. The molecule has 0 N–H and O–H groups in total. The quantitative estimate of drug-likeness (QED) is 0.489. The minimum absolute atomic E-state index is 0. The van der Waals surface area contributed by atoms with Crippen molar-refractivity contribution in [3.63, 3.8) is 0 Å². The van der Waals surface area contributed by atoms with Gasteiger partial charge in [-0.3, -0.25) is 0 Å². The summed E-state index contributed by atoms with van der Waals surface area (Å²) >= 11 is 0. The van der Waals surface area contributed by atoms with Gasteiger partial charge in [-0.15, -0.1) is 0 Å². The van der Waals surface area contributed by atoms with Gasteiger partial charge in [-0.25, -0.2) is 0 Å². The van der Waals surface area contributed by atoms with Gasteiger partial charge in [-0.05, 0) is 0 Å². The van der Waals surface area contributed by atoms with Crippen molar-refractivity contribution in [2.75, 3.05) is 0 Å². The Balaban J connectivity index is 0. The Hall–Kier alpha value is 3.22. The molecule has 0 bridgehead atoms. The molecule has 0 heterocycles. The molecule has 0 aliphatic rings. The van der Waals surface area contributed by atoms with E-state index in [-0.39, 0.29) is 102 Å². The van der Waals surface area contributed by atoms with Gasteiger partial charge in [0.2, 0.25) is 0 Å². The van der Waals surface area contributed by atoms with Crippen molar-refractivity contribution >= 4 is 11.0 Å². The van der Waals surface area contributed by atoms with E-state index in [0.717, 1.165) is 0 Å². The van der Waals surface area contributed by atoms with E-state index in [4.69, 9.17) is 0 Å². The number of hydrogen-bond acceptors (Lipinski definition) is 0. The van der Waals surface area contributed by atoms with Gasteiger partial charge in [0, 0.05) is 102 Å². The maximum atomic E-state index is 0. The van der Waals surface area contributed by atoms with Crippen LogP contribution in [0.15, 0.2) is 0 Å². The molecule has 0 aliphatic heterocycles. The fraction of sp³-hybridized carbons (Fsp3) is 0. The van der Waals surface area contributed by atoms with Crippen LogP contribution in [0.1, 0.15) is 0 Å². The zero-order valence-corrected chi connectivity index (χ0v) is 12.3. The second-order valence-corrected chi connectivity index (χ2v) is 0. The van der Waals surface area contributed by atoms with Gasteiger partial charge in [0.25, 0.3) is 0 Å². The molecule has 0 aliphatic carbocycles. The second-order valence-electron chi connectivity index (χ2n) is 0. The summed E-state index contributed by atoms with van der Waals surface area (Å²) in [6.45, 7) is 0. The van der Waals surface area contributed by atoms with Crippen LogP contribution in [0.4, 0.5) is 0 Å². The molecule has 0 saturated heterocycles. The van der Waals surface area contributed by atoms with Crippen molar-refractivity contribution in [1.82, 2.24) is 0 Å². The Bertz CT molecular complexity index is 11.6. The first-order valence-electron chi connectivity index (χ1n) is 0. The van der Waals surface area contributed by atoms with E-state index in [2.05, 4.69) is 0 Å². The van der Waals surface area contributed by atoms with Crippen LogP contribution < -0.4 is 0 Å². The van der Waals surface area contributed by atoms with Crippen molar-refractivity contribution < 1.29 is 91.1 Å². The zero-order valence-electron chi connectivity index (χ0n) is 2.41. The molecule has 0 amide bonds. The monoisotopic (exact) mass is 398 g/mol. The standard InChI is InChI=1S/Cr.Hf.Si.Ti.Zr. The van der Waals surface area contributed by atoms with E-state index in [1.54, 1.807) is 0 Å². The summed E-state index contributed by atoms with van der Waals surface area (Å²) in [6, 6.07) is 0. The van der Waals surface area contributed by atoms with E-state index in [0.29, 0.717) is 0 Å². The molecule has 5 heteroatoms. The molecule has 4 radical (unpaired) electrons. The molecule has 0 aromatic heterocycles. The maximum Gasteiger partial charge on any atom is 0 e. The Morgan fingerprint density at radius 3 is 1.00 bits per heavy atom. The van der Waals surface area contributed by atoms with Crippen LogP contribution in [0, 0.1) is 0 Å². The van der Waals surface area contributed by atoms with Gasteiger partial charge in [-0.2, -0.15) is 0 Å². The van der Waals surface area contributed by atoms with Gasteiger partial charge in [-0.1, -0.05) is 0 Å². The Morgan fingerprint density at radius 1 is 1.00 bits per heavy atom. The Kier molecular flexibility index (Phi) is 223. The van der Waals surface area contributed by atoms with Crippen LogP contribution in [0.25, 0.3) is 0 Å². The summed E-state index contributed by atoms with van der Waals surface area (Å²) in [5, 5.41) is 0. The molecule has 5 heavy (non-hydrogen) atoms. The van der Waals surface area contributed by atoms with Crippen molar-refractivity contribution in [3.05, 3.63) is 0 Å². The van der Waals surface area contributed by atoms with Crippen LogP contribution in [-0.2, 0) is 91.1 Å². The van der Waals surface area contributed by atoms with Gasteiger partial charge < -0.3 is 0 Å². The van der Waals surface area contributed by atoms with Crippen LogP contribution >= 0.6 is 0 Å². The predicted octanol–water partition coefficient (Wildman–Crippen LogP) is -0.391. The van der Waals surface area contributed by atoms with E-state index >= 15 is 0 Å². The van der Waals surface area contributed by atoms with Gasteiger partial charge in [0.15, 0.2) is 0 Å². The topological polar surface area (TPSA) is 0 Å². The third-order valence-electron chi connectivity index (χ3n) is 0. The van der Waals surface area contributed by atoms with Crippen molar-refractivity contribution in [2.45, 2.75) is 0 Å². The summed E-state index contributed by atoms with van der Waals surface area (Å²) in [7, 11) is 0. The van der Waals surface area contributed by atoms with Crippen LogP contribution in [0.3, 0.4) is 0 Å². The van der Waals surface area contributed by atoms with Crippen LogP contribution in [-0.4, -0.2) is 11.0 Å². The smallest absolute Gasteiger partial charge is 0 e. The molecular weight excluding hydrogens is 398 g/mol. The van der Waals surface area contributed by atoms with Crippen molar-refractivity contribution in [2.24, 2.45) is 0 Å².